The Labute approximate surface area is 164 Å². The first-order chi connectivity index (χ1) is 12.8. The summed E-state index contributed by atoms with van der Waals surface area (Å²) in [5.41, 5.74) is 1.08. The van der Waals surface area contributed by atoms with Crippen molar-refractivity contribution in [1.29, 1.82) is 0 Å². The second-order valence-corrected chi connectivity index (χ2v) is 7.40. The van der Waals surface area contributed by atoms with Crippen molar-refractivity contribution in [2.75, 3.05) is 18.5 Å². The summed E-state index contributed by atoms with van der Waals surface area (Å²) in [6.07, 6.45) is 0.845. The molecule has 0 spiro atoms. The van der Waals surface area contributed by atoms with Crippen molar-refractivity contribution in [3.05, 3.63) is 64.7 Å². The zero-order chi connectivity index (χ0) is 19.9. The summed E-state index contributed by atoms with van der Waals surface area (Å²) in [5.74, 6) is -0.401. The molecule has 0 unspecified atom stereocenters. The van der Waals surface area contributed by atoms with E-state index < -0.39 is 0 Å². The van der Waals surface area contributed by atoms with Gasteiger partial charge in [0, 0.05) is 41.3 Å². The van der Waals surface area contributed by atoms with Crippen LogP contribution in [0.25, 0.3) is 0 Å². The lowest BCUT2D eigenvalue weighted by atomic mass is 10.0. The van der Waals surface area contributed by atoms with Gasteiger partial charge in [0.25, 0.3) is 0 Å². The van der Waals surface area contributed by atoms with Crippen molar-refractivity contribution < 1.29 is 14.7 Å². The van der Waals surface area contributed by atoms with Gasteiger partial charge in [0.15, 0.2) is 5.78 Å². The number of rotatable bonds is 9. The molecular weight excluding hydrogens is 364 g/mol. The Morgan fingerprint density at radius 2 is 1.81 bits per heavy atom. The first kappa shape index (κ1) is 21.1. The van der Waals surface area contributed by atoms with Crippen molar-refractivity contribution in [3.8, 4) is 0 Å². The molecule has 0 aliphatic rings. The van der Waals surface area contributed by atoms with Gasteiger partial charge in [0.05, 0.1) is 5.69 Å². The van der Waals surface area contributed by atoms with Gasteiger partial charge >= 0.3 is 0 Å². The topological polar surface area (TPSA) is 78.4 Å². The van der Waals surface area contributed by atoms with Crippen molar-refractivity contribution in [2.24, 2.45) is 0 Å². The van der Waals surface area contributed by atoms with E-state index in [9.17, 15) is 9.59 Å². The van der Waals surface area contributed by atoms with Crippen LogP contribution >= 0.6 is 11.6 Å². The normalized spacial score (nSPS) is 11.3. The van der Waals surface area contributed by atoms with Gasteiger partial charge in [-0.25, -0.2) is 0 Å². The molecule has 2 rings (SSSR count). The van der Waals surface area contributed by atoms with Crippen LogP contribution in [0.5, 0.6) is 0 Å². The fraction of sp³-hybridized carbons (Fsp3) is 0.333. The van der Waals surface area contributed by atoms with Crippen LogP contribution in [0, 0.1) is 0 Å². The van der Waals surface area contributed by atoms with E-state index in [0.717, 1.165) is 0 Å². The van der Waals surface area contributed by atoms with Crippen molar-refractivity contribution >= 4 is 29.0 Å². The van der Waals surface area contributed by atoms with Crippen LogP contribution in [0.2, 0.25) is 5.02 Å². The molecule has 5 nitrogen and oxygen atoms in total. The van der Waals surface area contributed by atoms with E-state index >= 15 is 0 Å². The number of nitrogens with one attached hydrogen (secondary N) is 2. The van der Waals surface area contributed by atoms with Crippen molar-refractivity contribution in [3.63, 3.8) is 0 Å². The van der Waals surface area contributed by atoms with Crippen LogP contribution in [0.1, 0.15) is 42.6 Å². The standard InChI is InChI=1S/C21H25ClN2O3/c1-21(2,11-13-25)23-12-10-19(26)24-18-9-8-16(22)14-17(18)20(27)15-6-4-3-5-7-15/h3-9,14,23,25H,10-13H2,1-2H3,(H,24,26). The molecule has 0 aliphatic carbocycles. The van der Waals surface area contributed by atoms with Crippen LogP contribution in [0.4, 0.5) is 5.69 Å². The van der Waals surface area contributed by atoms with Crippen molar-refractivity contribution in [2.45, 2.75) is 32.2 Å². The lowest BCUT2D eigenvalue weighted by Crippen LogP contribution is -2.41. The van der Waals surface area contributed by atoms with Crippen molar-refractivity contribution in [1.82, 2.24) is 5.32 Å². The quantitative estimate of drug-likeness (QED) is 0.573. The number of halogens is 1. The molecule has 3 N–H and O–H groups in total. The predicted molar refractivity (Wildman–Crippen MR) is 108 cm³/mol. The van der Waals surface area contributed by atoms with Crippen LogP contribution in [0.15, 0.2) is 48.5 Å². The van der Waals surface area contributed by atoms with Gasteiger partial charge in [-0.2, -0.15) is 0 Å². The highest BCUT2D eigenvalue weighted by Crippen LogP contribution is 2.24. The molecule has 0 radical (unpaired) electrons. The van der Waals surface area contributed by atoms with E-state index in [1.807, 2.05) is 19.9 Å². The number of aliphatic hydroxyl groups is 1. The molecule has 0 saturated carbocycles. The number of carbonyl (C=O) groups excluding carboxylic acids is 2. The first-order valence-electron chi connectivity index (χ1n) is 8.87. The van der Waals surface area contributed by atoms with Crippen LogP contribution < -0.4 is 10.6 Å². The summed E-state index contributed by atoms with van der Waals surface area (Å²) in [6, 6.07) is 13.7. The molecule has 0 bridgehead atoms. The average Bonchev–Trinajstić information content (AvgIpc) is 2.63. The summed E-state index contributed by atoms with van der Waals surface area (Å²) in [4.78, 5) is 25.1. The number of amides is 1. The highest BCUT2D eigenvalue weighted by molar-refractivity contribution is 6.31. The van der Waals surface area contributed by atoms with Gasteiger partial charge in [-0.05, 0) is 38.5 Å². The smallest absolute Gasteiger partial charge is 0.225 e. The van der Waals surface area contributed by atoms with Gasteiger partial charge < -0.3 is 15.7 Å². The monoisotopic (exact) mass is 388 g/mol. The molecule has 27 heavy (non-hydrogen) atoms. The molecule has 0 fully saturated rings. The third-order valence-corrected chi connectivity index (χ3v) is 4.46. The van der Waals surface area contributed by atoms with E-state index in [0.29, 0.717) is 34.8 Å². The van der Waals surface area contributed by atoms with E-state index in [-0.39, 0.29) is 30.3 Å². The minimum absolute atomic E-state index is 0.0852. The third kappa shape index (κ3) is 6.47. The second-order valence-electron chi connectivity index (χ2n) is 6.97. The minimum atomic E-state index is -0.246. The molecular formula is C21H25ClN2O3. The highest BCUT2D eigenvalue weighted by Gasteiger charge is 2.18. The maximum Gasteiger partial charge on any atom is 0.225 e. The molecule has 2 aromatic rings. The molecule has 0 aromatic heterocycles. The van der Waals surface area contributed by atoms with E-state index in [4.69, 9.17) is 16.7 Å². The fourth-order valence-corrected chi connectivity index (χ4v) is 2.83. The van der Waals surface area contributed by atoms with E-state index in [2.05, 4.69) is 10.6 Å². The lowest BCUT2D eigenvalue weighted by Gasteiger charge is -2.25. The summed E-state index contributed by atoms with van der Waals surface area (Å²) >= 11 is 6.05. The van der Waals surface area contributed by atoms with E-state index in [1.54, 1.807) is 42.5 Å². The van der Waals surface area contributed by atoms with Gasteiger partial charge in [0.1, 0.15) is 0 Å². The number of benzene rings is 2. The highest BCUT2D eigenvalue weighted by atomic mass is 35.5. The Morgan fingerprint density at radius 3 is 2.48 bits per heavy atom. The van der Waals surface area contributed by atoms with Gasteiger partial charge in [-0.3, -0.25) is 9.59 Å². The Kier molecular flexibility index (Phi) is 7.54. The SMILES string of the molecule is CC(C)(CCO)NCCC(=O)Nc1ccc(Cl)cc1C(=O)c1ccccc1. The first-order valence-corrected chi connectivity index (χ1v) is 9.25. The van der Waals surface area contributed by atoms with Gasteiger partial charge in [0.2, 0.25) is 5.91 Å². The second kappa shape index (κ2) is 9.65. The summed E-state index contributed by atoms with van der Waals surface area (Å²) < 4.78 is 0. The Hall–Kier alpha value is -2.21. The number of aliphatic hydroxyl groups excluding tert-OH is 1. The molecule has 0 aliphatic heterocycles. The molecule has 0 saturated heterocycles. The molecule has 0 heterocycles. The molecule has 0 atom stereocenters. The van der Waals surface area contributed by atoms with E-state index in [1.165, 1.54) is 0 Å². The molecule has 1 amide bonds. The number of ketones is 1. The molecule has 144 valence electrons. The lowest BCUT2D eigenvalue weighted by molar-refractivity contribution is -0.116. The summed E-state index contributed by atoms with van der Waals surface area (Å²) in [6.45, 7) is 4.49. The largest absolute Gasteiger partial charge is 0.396 e. The van der Waals surface area contributed by atoms with Gasteiger partial charge in [-0.15, -0.1) is 0 Å². The van der Waals surface area contributed by atoms with Crippen LogP contribution in [-0.2, 0) is 4.79 Å². The number of hydrogen-bond donors (Lipinski definition) is 3. The third-order valence-electron chi connectivity index (χ3n) is 4.23. The number of hydrogen-bond acceptors (Lipinski definition) is 4. The minimum Gasteiger partial charge on any atom is -0.396 e. The summed E-state index contributed by atoms with van der Waals surface area (Å²) in [7, 11) is 0. The number of carbonyl (C=O) groups is 2. The Balaban J connectivity index is 2.06. The molecule has 2 aromatic carbocycles. The van der Waals surface area contributed by atoms with Gasteiger partial charge in [-0.1, -0.05) is 41.9 Å². The Morgan fingerprint density at radius 1 is 1.11 bits per heavy atom. The fourth-order valence-electron chi connectivity index (χ4n) is 2.65. The zero-order valence-corrected chi connectivity index (χ0v) is 16.3. The summed E-state index contributed by atoms with van der Waals surface area (Å²) in [5, 5.41) is 15.5. The Bertz CT molecular complexity index is 791. The van der Waals surface area contributed by atoms with Crippen LogP contribution in [-0.4, -0.2) is 35.5 Å². The zero-order valence-electron chi connectivity index (χ0n) is 15.6. The average molecular weight is 389 g/mol. The molecule has 6 heteroatoms. The maximum atomic E-state index is 12.8. The number of anilines is 1. The van der Waals surface area contributed by atoms with Crippen LogP contribution in [0.3, 0.4) is 0 Å². The predicted octanol–water partition coefficient (Wildman–Crippen LogP) is 3.65. The maximum absolute atomic E-state index is 12.8.